The van der Waals surface area contributed by atoms with Gasteiger partial charge in [0.1, 0.15) is 6.33 Å². The summed E-state index contributed by atoms with van der Waals surface area (Å²) in [6.45, 7) is 0. The van der Waals surface area contributed by atoms with Gasteiger partial charge in [0.25, 0.3) is 0 Å². The van der Waals surface area contributed by atoms with Crippen molar-refractivity contribution in [1.82, 2.24) is 24.8 Å². The maximum absolute atomic E-state index is 4.28. The molecule has 0 fully saturated rings. The Bertz CT molecular complexity index is 934. The number of nitrogens with one attached hydrogen (secondary N) is 2. The summed E-state index contributed by atoms with van der Waals surface area (Å²) in [4.78, 5) is 3.20. The molecule has 0 unspecified atom stereocenters. The third-order valence-corrected chi connectivity index (χ3v) is 3.17. The lowest BCUT2D eigenvalue weighted by atomic mass is 10.2. The second-order valence-electron chi connectivity index (χ2n) is 4.51. The minimum atomic E-state index is 0.624. The predicted molar refractivity (Wildman–Crippen MR) is 80.3 cm³/mol. The van der Waals surface area contributed by atoms with Gasteiger partial charge in [-0.3, -0.25) is 5.43 Å². The van der Waals surface area contributed by atoms with Gasteiger partial charge in [0.2, 0.25) is 0 Å². The summed E-state index contributed by atoms with van der Waals surface area (Å²) in [6.07, 6.45) is 5.23. The van der Waals surface area contributed by atoms with Crippen LogP contribution in [-0.4, -0.2) is 31.0 Å². The number of fused-ring (bicyclic) bond motifs is 2. The molecule has 2 N–H and O–H groups in total. The Hall–Kier alpha value is -3.22. The maximum atomic E-state index is 4.28. The number of hydrazone groups is 1. The lowest BCUT2D eigenvalue weighted by Gasteiger charge is -1.98. The molecule has 0 atom stereocenters. The van der Waals surface area contributed by atoms with E-state index in [9.17, 15) is 0 Å². The molecule has 0 radical (unpaired) electrons. The number of aromatic amines is 1. The van der Waals surface area contributed by atoms with E-state index in [2.05, 4.69) is 36.9 Å². The molecule has 4 aromatic rings. The van der Waals surface area contributed by atoms with E-state index < -0.39 is 0 Å². The molecule has 21 heavy (non-hydrogen) atoms. The van der Waals surface area contributed by atoms with Crippen molar-refractivity contribution < 1.29 is 0 Å². The molecule has 1 aromatic carbocycles. The molecule has 0 aliphatic carbocycles. The highest BCUT2D eigenvalue weighted by Crippen LogP contribution is 2.15. The number of H-pyrrole nitrogens is 1. The van der Waals surface area contributed by atoms with E-state index in [1.807, 2.05) is 30.5 Å². The number of anilines is 1. The van der Waals surface area contributed by atoms with Crippen molar-refractivity contribution in [3.05, 3.63) is 54.5 Å². The summed E-state index contributed by atoms with van der Waals surface area (Å²) < 4.78 is 1.59. The SMILES string of the molecule is C(=N\Nc1ccc2nncn2n1)/c1c[nH]c2ccccc12. The summed E-state index contributed by atoms with van der Waals surface area (Å²) in [6, 6.07) is 11.7. The van der Waals surface area contributed by atoms with Crippen LogP contribution in [0.5, 0.6) is 0 Å². The average molecular weight is 277 g/mol. The second kappa shape index (κ2) is 4.71. The zero-order valence-electron chi connectivity index (χ0n) is 10.9. The molecule has 0 saturated heterocycles. The van der Waals surface area contributed by atoms with Crippen LogP contribution in [0.4, 0.5) is 5.82 Å². The van der Waals surface area contributed by atoms with Crippen LogP contribution in [0.25, 0.3) is 16.6 Å². The van der Waals surface area contributed by atoms with Gasteiger partial charge in [-0.25, -0.2) is 0 Å². The Morgan fingerprint density at radius 1 is 1.19 bits per heavy atom. The van der Waals surface area contributed by atoms with Crippen molar-refractivity contribution in [2.24, 2.45) is 5.10 Å². The minimum absolute atomic E-state index is 0.624. The predicted octanol–water partition coefficient (Wildman–Crippen LogP) is 2.05. The van der Waals surface area contributed by atoms with E-state index in [1.54, 1.807) is 23.1 Å². The van der Waals surface area contributed by atoms with Gasteiger partial charge in [-0.2, -0.15) is 9.62 Å². The fourth-order valence-corrected chi connectivity index (χ4v) is 2.16. The van der Waals surface area contributed by atoms with E-state index in [1.165, 1.54) is 0 Å². The van der Waals surface area contributed by atoms with Gasteiger partial charge >= 0.3 is 0 Å². The number of aromatic nitrogens is 5. The van der Waals surface area contributed by atoms with Crippen LogP contribution < -0.4 is 5.43 Å². The zero-order valence-corrected chi connectivity index (χ0v) is 10.9. The van der Waals surface area contributed by atoms with Crippen LogP contribution in [0.1, 0.15) is 5.56 Å². The monoisotopic (exact) mass is 277 g/mol. The van der Waals surface area contributed by atoms with Gasteiger partial charge in [-0.15, -0.1) is 15.3 Å². The van der Waals surface area contributed by atoms with Gasteiger partial charge < -0.3 is 4.98 Å². The normalized spacial score (nSPS) is 11.6. The van der Waals surface area contributed by atoms with Gasteiger partial charge in [-0.1, -0.05) is 18.2 Å². The standard InChI is InChI=1S/C14H11N7/c1-2-4-12-11(3-1)10(7-15-12)8-16-18-13-5-6-14-19-17-9-21(14)20-13/h1-9,15H,(H,18,20)/b16-8+. The van der Waals surface area contributed by atoms with Crippen LogP contribution in [0.2, 0.25) is 0 Å². The molecule has 0 aliphatic rings. The van der Waals surface area contributed by atoms with Crippen molar-refractivity contribution >= 4 is 28.6 Å². The number of para-hydroxylation sites is 1. The third kappa shape index (κ3) is 2.10. The highest BCUT2D eigenvalue weighted by molar-refractivity contribution is 5.99. The molecule has 0 amide bonds. The van der Waals surface area contributed by atoms with E-state index in [0.29, 0.717) is 11.5 Å². The van der Waals surface area contributed by atoms with Crippen LogP contribution in [0.15, 0.2) is 54.0 Å². The molecule has 0 spiro atoms. The van der Waals surface area contributed by atoms with Crippen molar-refractivity contribution in [3.8, 4) is 0 Å². The van der Waals surface area contributed by atoms with E-state index >= 15 is 0 Å². The summed E-state index contributed by atoms with van der Waals surface area (Å²) >= 11 is 0. The molecule has 3 aromatic heterocycles. The van der Waals surface area contributed by atoms with E-state index in [0.717, 1.165) is 16.5 Å². The van der Waals surface area contributed by atoms with Crippen molar-refractivity contribution in [1.29, 1.82) is 0 Å². The molecule has 102 valence electrons. The second-order valence-corrected chi connectivity index (χ2v) is 4.51. The lowest BCUT2D eigenvalue weighted by Crippen LogP contribution is -1.97. The largest absolute Gasteiger partial charge is 0.361 e. The first-order valence-electron chi connectivity index (χ1n) is 6.42. The fraction of sp³-hybridized carbons (Fsp3) is 0. The topological polar surface area (TPSA) is 83.3 Å². The summed E-state index contributed by atoms with van der Waals surface area (Å²) in [5.41, 5.74) is 5.70. The van der Waals surface area contributed by atoms with Gasteiger partial charge in [-0.05, 0) is 18.2 Å². The molecule has 0 aliphatic heterocycles. The zero-order chi connectivity index (χ0) is 14.1. The molecular weight excluding hydrogens is 266 g/mol. The van der Waals surface area contributed by atoms with E-state index in [4.69, 9.17) is 0 Å². The summed E-state index contributed by atoms with van der Waals surface area (Å²) in [7, 11) is 0. The van der Waals surface area contributed by atoms with Gasteiger partial charge in [0, 0.05) is 22.7 Å². The first-order chi connectivity index (χ1) is 10.4. The maximum Gasteiger partial charge on any atom is 0.177 e. The van der Waals surface area contributed by atoms with Crippen molar-refractivity contribution in [3.63, 3.8) is 0 Å². The molecule has 0 saturated carbocycles. The highest BCUT2D eigenvalue weighted by atomic mass is 15.4. The quantitative estimate of drug-likeness (QED) is 0.443. The number of hydrogen-bond donors (Lipinski definition) is 2. The van der Waals surface area contributed by atoms with Crippen molar-refractivity contribution in [2.45, 2.75) is 0 Å². The Morgan fingerprint density at radius 2 is 2.14 bits per heavy atom. The molecule has 3 heterocycles. The Balaban J connectivity index is 1.58. The lowest BCUT2D eigenvalue weighted by molar-refractivity contribution is 0.925. The molecular formula is C14H11N7. The van der Waals surface area contributed by atoms with Gasteiger partial charge in [0.05, 0.1) is 6.21 Å². The molecule has 7 heteroatoms. The Labute approximate surface area is 119 Å². The average Bonchev–Trinajstić information content (AvgIpc) is 3.14. The number of nitrogens with zero attached hydrogens (tertiary/aromatic N) is 5. The smallest absolute Gasteiger partial charge is 0.177 e. The van der Waals surface area contributed by atoms with Crippen molar-refractivity contribution in [2.75, 3.05) is 5.43 Å². The van der Waals surface area contributed by atoms with Crippen LogP contribution in [-0.2, 0) is 0 Å². The first kappa shape index (κ1) is 11.6. The van der Waals surface area contributed by atoms with Crippen LogP contribution in [0.3, 0.4) is 0 Å². The molecule has 0 bridgehead atoms. The number of benzene rings is 1. The van der Waals surface area contributed by atoms with E-state index in [-0.39, 0.29) is 0 Å². The number of hydrogen-bond acceptors (Lipinski definition) is 5. The van der Waals surface area contributed by atoms with Gasteiger partial charge in [0.15, 0.2) is 11.5 Å². The Kier molecular flexibility index (Phi) is 2.60. The third-order valence-electron chi connectivity index (χ3n) is 3.17. The minimum Gasteiger partial charge on any atom is -0.361 e. The summed E-state index contributed by atoms with van der Waals surface area (Å²) in [5.74, 6) is 0.624. The van der Waals surface area contributed by atoms with Crippen LogP contribution in [0, 0.1) is 0 Å². The molecule has 4 rings (SSSR count). The summed E-state index contributed by atoms with van der Waals surface area (Å²) in [5, 5.41) is 17.3. The Morgan fingerprint density at radius 3 is 3.14 bits per heavy atom. The fourth-order valence-electron chi connectivity index (χ4n) is 2.16. The molecule has 7 nitrogen and oxygen atoms in total. The first-order valence-corrected chi connectivity index (χ1v) is 6.42. The number of rotatable bonds is 3. The van der Waals surface area contributed by atoms with Crippen LogP contribution >= 0.6 is 0 Å². The highest BCUT2D eigenvalue weighted by Gasteiger charge is 2.00.